The summed E-state index contributed by atoms with van der Waals surface area (Å²) in [6.45, 7) is -0.539. The number of carbonyl (C=O) groups excluding carboxylic acids is 1. The van der Waals surface area contributed by atoms with Gasteiger partial charge >= 0.3 is 6.18 Å². The van der Waals surface area contributed by atoms with Gasteiger partial charge in [-0.1, -0.05) is 6.07 Å². The highest BCUT2D eigenvalue weighted by Gasteiger charge is 2.30. The van der Waals surface area contributed by atoms with E-state index in [0.29, 0.717) is 0 Å². The van der Waals surface area contributed by atoms with Gasteiger partial charge < -0.3 is 20.9 Å². The number of amides is 1. The summed E-state index contributed by atoms with van der Waals surface area (Å²) in [5, 5.41) is 11.8. The fourth-order valence-corrected chi connectivity index (χ4v) is 1.32. The van der Waals surface area contributed by atoms with Crippen LogP contribution in [0.15, 0.2) is 24.3 Å². The van der Waals surface area contributed by atoms with Gasteiger partial charge in [-0.25, -0.2) is 0 Å². The molecule has 0 saturated heterocycles. The van der Waals surface area contributed by atoms with Crippen LogP contribution in [0.5, 0.6) is 5.75 Å². The van der Waals surface area contributed by atoms with Gasteiger partial charge in [-0.3, -0.25) is 4.79 Å². The molecule has 1 amide bonds. The smallest absolute Gasteiger partial charge is 0.416 e. The number of alkyl halides is 3. The fourth-order valence-electron chi connectivity index (χ4n) is 1.32. The van der Waals surface area contributed by atoms with Crippen molar-refractivity contribution in [3.05, 3.63) is 29.8 Å². The predicted octanol–water partition coefficient (Wildman–Crippen LogP) is 0.520. The van der Waals surface area contributed by atoms with Crippen LogP contribution in [-0.4, -0.2) is 36.8 Å². The molecule has 5 nitrogen and oxygen atoms in total. The average Bonchev–Trinajstić information content (AvgIpc) is 2.41. The first-order valence-electron chi connectivity index (χ1n) is 5.78. The molecule has 0 spiro atoms. The lowest BCUT2D eigenvalue weighted by Crippen LogP contribution is -2.38. The van der Waals surface area contributed by atoms with Crippen LogP contribution in [0.3, 0.4) is 0 Å². The number of nitrogens with two attached hydrogens (primary N) is 1. The van der Waals surface area contributed by atoms with Crippen molar-refractivity contribution in [3.8, 4) is 5.75 Å². The van der Waals surface area contributed by atoms with E-state index in [4.69, 9.17) is 10.5 Å². The molecule has 8 heteroatoms. The molecule has 1 aromatic rings. The normalized spacial score (nSPS) is 12.8. The molecule has 0 aliphatic rings. The van der Waals surface area contributed by atoms with E-state index >= 15 is 0 Å². The number of benzene rings is 1. The Hall–Kier alpha value is -1.80. The number of aliphatic hydroxyl groups is 1. The minimum Gasteiger partial charge on any atom is -0.491 e. The van der Waals surface area contributed by atoms with E-state index in [-0.39, 0.29) is 25.4 Å². The Morgan fingerprint density at radius 3 is 2.75 bits per heavy atom. The van der Waals surface area contributed by atoms with Gasteiger partial charge in [0.25, 0.3) is 0 Å². The molecule has 0 bridgehead atoms. The van der Waals surface area contributed by atoms with E-state index in [0.717, 1.165) is 12.1 Å². The molecule has 1 rings (SSSR count). The van der Waals surface area contributed by atoms with Gasteiger partial charge in [-0.05, 0) is 18.2 Å². The SMILES string of the molecule is NCC(=O)NCC(O)COc1cccc(C(F)(F)F)c1. The van der Waals surface area contributed by atoms with Crippen molar-refractivity contribution in [3.63, 3.8) is 0 Å². The molecule has 1 aromatic carbocycles. The summed E-state index contributed by atoms with van der Waals surface area (Å²) in [5.41, 5.74) is 4.22. The number of hydrogen-bond donors (Lipinski definition) is 3. The molecular formula is C12H15F3N2O3. The van der Waals surface area contributed by atoms with Gasteiger partial charge in [-0.15, -0.1) is 0 Å². The predicted molar refractivity (Wildman–Crippen MR) is 65.0 cm³/mol. The molecule has 1 atom stereocenters. The van der Waals surface area contributed by atoms with Gasteiger partial charge in [0.15, 0.2) is 0 Å². The van der Waals surface area contributed by atoms with Crippen molar-refractivity contribution in [2.24, 2.45) is 5.73 Å². The van der Waals surface area contributed by atoms with E-state index in [9.17, 15) is 23.1 Å². The van der Waals surface area contributed by atoms with Crippen molar-refractivity contribution in [1.82, 2.24) is 5.32 Å². The molecule has 20 heavy (non-hydrogen) atoms. The average molecular weight is 292 g/mol. The van der Waals surface area contributed by atoms with Gasteiger partial charge in [0.1, 0.15) is 18.5 Å². The third-order valence-electron chi connectivity index (χ3n) is 2.32. The zero-order valence-corrected chi connectivity index (χ0v) is 10.5. The lowest BCUT2D eigenvalue weighted by atomic mass is 10.2. The second kappa shape index (κ2) is 7.11. The Bertz CT molecular complexity index is 452. The Balaban J connectivity index is 2.47. The third-order valence-corrected chi connectivity index (χ3v) is 2.32. The number of nitrogens with one attached hydrogen (secondary N) is 1. The minimum atomic E-state index is -4.45. The van der Waals surface area contributed by atoms with Gasteiger partial charge in [0.2, 0.25) is 5.91 Å². The van der Waals surface area contributed by atoms with Crippen LogP contribution in [-0.2, 0) is 11.0 Å². The molecule has 0 saturated carbocycles. The summed E-state index contributed by atoms with van der Waals surface area (Å²) in [6.07, 6.45) is -5.49. The van der Waals surface area contributed by atoms with Crippen molar-refractivity contribution in [2.75, 3.05) is 19.7 Å². The first-order valence-corrected chi connectivity index (χ1v) is 5.78. The van der Waals surface area contributed by atoms with Crippen LogP contribution in [0.1, 0.15) is 5.56 Å². The zero-order valence-electron chi connectivity index (χ0n) is 10.5. The van der Waals surface area contributed by atoms with Crippen molar-refractivity contribution >= 4 is 5.91 Å². The number of halogens is 3. The fraction of sp³-hybridized carbons (Fsp3) is 0.417. The van der Waals surface area contributed by atoms with Gasteiger partial charge in [-0.2, -0.15) is 13.2 Å². The number of hydrogen-bond acceptors (Lipinski definition) is 4. The summed E-state index contributed by atoms with van der Waals surface area (Å²) < 4.78 is 42.4. The van der Waals surface area contributed by atoms with E-state index < -0.39 is 23.8 Å². The Morgan fingerprint density at radius 2 is 2.15 bits per heavy atom. The monoisotopic (exact) mass is 292 g/mol. The molecule has 0 fully saturated rings. The van der Waals surface area contributed by atoms with Crippen LogP contribution >= 0.6 is 0 Å². The van der Waals surface area contributed by atoms with Gasteiger partial charge in [0.05, 0.1) is 12.1 Å². The number of ether oxygens (including phenoxy) is 1. The third kappa shape index (κ3) is 5.45. The second-order valence-electron chi connectivity index (χ2n) is 4.00. The lowest BCUT2D eigenvalue weighted by Gasteiger charge is -2.14. The first kappa shape index (κ1) is 16.3. The standard InChI is InChI=1S/C12H15F3N2O3/c13-12(14,15)8-2-1-3-10(4-8)20-7-9(18)6-17-11(19)5-16/h1-4,9,18H,5-7,16H2,(H,17,19). The molecule has 0 radical (unpaired) electrons. The topological polar surface area (TPSA) is 84.6 Å². The number of carbonyl (C=O) groups is 1. The molecule has 0 aromatic heterocycles. The van der Waals surface area contributed by atoms with Crippen molar-refractivity contribution in [2.45, 2.75) is 12.3 Å². The molecule has 1 unspecified atom stereocenters. The van der Waals surface area contributed by atoms with Gasteiger partial charge in [0, 0.05) is 6.54 Å². The number of rotatable bonds is 6. The molecular weight excluding hydrogens is 277 g/mol. The lowest BCUT2D eigenvalue weighted by molar-refractivity contribution is -0.137. The maximum Gasteiger partial charge on any atom is 0.416 e. The summed E-state index contributed by atoms with van der Waals surface area (Å²) in [7, 11) is 0. The van der Waals surface area contributed by atoms with Crippen molar-refractivity contribution in [1.29, 1.82) is 0 Å². The second-order valence-corrected chi connectivity index (χ2v) is 4.00. The minimum absolute atomic E-state index is 0.0102. The Morgan fingerprint density at radius 1 is 1.45 bits per heavy atom. The molecule has 112 valence electrons. The zero-order chi connectivity index (χ0) is 15.2. The molecule has 0 aliphatic carbocycles. The van der Waals surface area contributed by atoms with Crippen LogP contribution < -0.4 is 15.8 Å². The van der Waals surface area contributed by atoms with E-state index in [1.54, 1.807) is 0 Å². The van der Waals surface area contributed by atoms with E-state index in [2.05, 4.69) is 5.32 Å². The largest absolute Gasteiger partial charge is 0.491 e. The van der Waals surface area contributed by atoms with Crippen molar-refractivity contribution < 1.29 is 27.8 Å². The van der Waals surface area contributed by atoms with Crippen LogP contribution in [0, 0.1) is 0 Å². The molecule has 0 heterocycles. The van der Waals surface area contributed by atoms with Crippen LogP contribution in [0.2, 0.25) is 0 Å². The Kier molecular flexibility index (Phi) is 5.78. The van der Waals surface area contributed by atoms with Crippen LogP contribution in [0.25, 0.3) is 0 Å². The van der Waals surface area contributed by atoms with Crippen LogP contribution in [0.4, 0.5) is 13.2 Å². The highest BCUT2D eigenvalue weighted by Crippen LogP contribution is 2.31. The maximum atomic E-state index is 12.5. The summed E-state index contributed by atoms with van der Waals surface area (Å²) in [5.74, 6) is -0.452. The van der Waals surface area contributed by atoms with E-state index in [1.807, 2.05) is 0 Å². The highest BCUT2D eigenvalue weighted by molar-refractivity contribution is 5.77. The summed E-state index contributed by atoms with van der Waals surface area (Å²) in [6, 6.07) is 4.32. The highest BCUT2D eigenvalue weighted by atomic mass is 19.4. The number of aliphatic hydroxyl groups excluding tert-OH is 1. The molecule has 4 N–H and O–H groups in total. The van der Waals surface area contributed by atoms with E-state index in [1.165, 1.54) is 12.1 Å². The quantitative estimate of drug-likeness (QED) is 0.713. The molecule has 0 aliphatic heterocycles. The summed E-state index contributed by atoms with van der Waals surface area (Å²) in [4.78, 5) is 10.8. The first-order chi connectivity index (χ1) is 9.32. The summed E-state index contributed by atoms with van der Waals surface area (Å²) >= 11 is 0. The Labute approximate surface area is 113 Å². The maximum absolute atomic E-state index is 12.5.